The molecule has 0 bridgehead atoms. The molecule has 1 saturated heterocycles. The molecule has 1 aromatic carbocycles. The average Bonchev–Trinajstić information content (AvgIpc) is 3.05. The van der Waals surface area contributed by atoms with Crippen molar-refractivity contribution in [3.8, 4) is 0 Å². The minimum atomic E-state index is -0.0424. The van der Waals surface area contributed by atoms with Crippen molar-refractivity contribution in [2.45, 2.75) is 39.0 Å². The van der Waals surface area contributed by atoms with Crippen LogP contribution < -0.4 is 0 Å². The summed E-state index contributed by atoms with van der Waals surface area (Å²) in [4.78, 5) is 14.6. The standard InChI is InChI=1S/C18H22N4O2/c1-13-7-9-21(10-8-13)18(23)17-15-12-24-16(11-22(15)20-19-17)14-5-3-2-4-6-14/h2-6,13,16H,7-12H2,1H3/t16-/m0/s1. The summed E-state index contributed by atoms with van der Waals surface area (Å²) in [6, 6.07) is 10.1. The molecular weight excluding hydrogens is 304 g/mol. The van der Waals surface area contributed by atoms with Crippen molar-refractivity contribution in [1.29, 1.82) is 0 Å². The molecule has 126 valence electrons. The van der Waals surface area contributed by atoms with Gasteiger partial charge in [0.1, 0.15) is 6.10 Å². The Morgan fingerprint density at radius 3 is 2.71 bits per heavy atom. The predicted molar refractivity (Wildman–Crippen MR) is 88.3 cm³/mol. The molecule has 6 nitrogen and oxygen atoms in total. The van der Waals surface area contributed by atoms with E-state index in [1.807, 2.05) is 39.9 Å². The highest BCUT2D eigenvalue weighted by atomic mass is 16.5. The number of nitrogens with zero attached hydrogens (tertiary/aromatic N) is 4. The molecule has 24 heavy (non-hydrogen) atoms. The average molecular weight is 326 g/mol. The van der Waals surface area contributed by atoms with Crippen LogP contribution in [0.15, 0.2) is 30.3 Å². The van der Waals surface area contributed by atoms with Crippen molar-refractivity contribution in [3.05, 3.63) is 47.3 Å². The van der Waals surface area contributed by atoms with Crippen LogP contribution in [0.4, 0.5) is 0 Å². The Bertz CT molecular complexity index is 720. The summed E-state index contributed by atoms with van der Waals surface area (Å²) >= 11 is 0. The van der Waals surface area contributed by atoms with Gasteiger partial charge >= 0.3 is 0 Å². The molecule has 0 spiro atoms. The van der Waals surface area contributed by atoms with Crippen LogP contribution in [-0.2, 0) is 17.9 Å². The first-order valence-corrected chi connectivity index (χ1v) is 8.60. The third-order valence-electron chi connectivity index (χ3n) is 5.04. The molecule has 0 N–H and O–H groups in total. The lowest BCUT2D eigenvalue weighted by Gasteiger charge is -2.30. The van der Waals surface area contributed by atoms with Crippen molar-refractivity contribution in [2.24, 2.45) is 5.92 Å². The number of amides is 1. The topological polar surface area (TPSA) is 60.2 Å². The van der Waals surface area contributed by atoms with E-state index in [9.17, 15) is 4.79 Å². The maximum absolute atomic E-state index is 12.7. The maximum Gasteiger partial charge on any atom is 0.276 e. The number of hydrogen-bond donors (Lipinski definition) is 0. The number of likely N-dealkylation sites (tertiary alicyclic amines) is 1. The Morgan fingerprint density at radius 1 is 1.21 bits per heavy atom. The summed E-state index contributed by atoms with van der Waals surface area (Å²) in [6.45, 7) is 4.81. The third-order valence-corrected chi connectivity index (χ3v) is 5.04. The maximum atomic E-state index is 12.7. The molecule has 3 heterocycles. The molecule has 0 aliphatic carbocycles. The van der Waals surface area contributed by atoms with E-state index < -0.39 is 0 Å². The number of benzene rings is 1. The Balaban J connectivity index is 1.51. The molecule has 1 amide bonds. The highest BCUT2D eigenvalue weighted by Gasteiger charge is 2.30. The molecular formula is C18H22N4O2. The summed E-state index contributed by atoms with van der Waals surface area (Å²) in [6.07, 6.45) is 2.07. The Hall–Kier alpha value is -2.21. The largest absolute Gasteiger partial charge is 0.365 e. The third kappa shape index (κ3) is 2.82. The Labute approximate surface area is 141 Å². The van der Waals surface area contributed by atoms with Crippen molar-refractivity contribution in [3.63, 3.8) is 0 Å². The van der Waals surface area contributed by atoms with Crippen LogP contribution in [0.2, 0.25) is 0 Å². The normalized spacial score (nSPS) is 21.5. The zero-order valence-corrected chi connectivity index (χ0v) is 13.9. The van der Waals surface area contributed by atoms with Crippen molar-refractivity contribution < 1.29 is 9.53 Å². The van der Waals surface area contributed by atoms with Crippen LogP contribution >= 0.6 is 0 Å². The van der Waals surface area contributed by atoms with Crippen LogP contribution in [-0.4, -0.2) is 38.9 Å². The lowest BCUT2D eigenvalue weighted by atomic mass is 9.99. The van der Waals surface area contributed by atoms with Crippen LogP contribution in [0.3, 0.4) is 0 Å². The highest BCUT2D eigenvalue weighted by Crippen LogP contribution is 2.27. The van der Waals surface area contributed by atoms with Gasteiger partial charge in [-0.3, -0.25) is 4.79 Å². The first-order valence-electron chi connectivity index (χ1n) is 8.60. The van der Waals surface area contributed by atoms with E-state index in [2.05, 4.69) is 17.2 Å². The summed E-state index contributed by atoms with van der Waals surface area (Å²) in [5.74, 6) is 0.683. The second kappa shape index (κ2) is 6.36. The van der Waals surface area contributed by atoms with Gasteiger partial charge in [-0.1, -0.05) is 42.5 Å². The number of carbonyl (C=O) groups excluding carboxylic acids is 1. The van der Waals surface area contributed by atoms with Gasteiger partial charge in [-0.2, -0.15) is 0 Å². The van der Waals surface area contributed by atoms with Gasteiger partial charge < -0.3 is 9.64 Å². The van der Waals surface area contributed by atoms with Gasteiger partial charge in [-0.25, -0.2) is 4.68 Å². The number of rotatable bonds is 2. The Kier molecular flexibility index (Phi) is 4.06. The van der Waals surface area contributed by atoms with Gasteiger partial charge in [0.05, 0.1) is 18.8 Å². The van der Waals surface area contributed by atoms with E-state index in [-0.39, 0.29) is 12.0 Å². The summed E-state index contributed by atoms with van der Waals surface area (Å²) in [5.41, 5.74) is 2.37. The predicted octanol–water partition coefficient (Wildman–Crippen LogP) is 2.42. The smallest absolute Gasteiger partial charge is 0.276 e. The van der Waals surface area contributed by atoms with Gasteiger partial charge in [0.2, 0.25) is 0 Å². The Morgan fingerprint density at radius 2 is 1.96 bits per heavy atom. The molecule has 2 aliphatic rings. The molecule has 0 radical (unpaired) electrons. The number of hydrogen-bond acceptors (Lipinski definition) is 4. The number of aromatic nitrogens is 3. The molecule has 1 fully saturated rings. The fraction of sp³-hybridized carbons (Fsp3) is 0.500. The molecule has 1 atom stereocenters. The molecule has 2 aromatic rings. The van der Waals surface area contributed by atoms with E-state index in [1.165, 1.54) is 0 Å². The van der Waals surface area contributed by atoms with E-state index in [1.54, 1.807) is 0 Å². The van der Waals surface area contributed by atoms with Crippen molar-refractivity contribution >= 4 is 5.91 Å². The van der Waals surface area contributed by atoms with Crippen molar-refractivity contribution in [1.82, 2.24) is 19.9 Å². The fourth-order valence-corrected chi connectivity index (χ4v) is 3.41. The monoisotopic (exact) mass is 326 g/mol. The van der Waals surface area contributed by atoms with Crippen LogP contribution in [0.25, 0.3) is 0 Å². The second-order valence-electron chi connectivity index (χ2n) is 6.75. The first-order chi connectivity index (χ1) is 11.7. The summed E-state index contributed by atoms with van der Waals surface area (Å²) in [7, 11) is 0. The van der Waals surface area contributed by atoms with E-state index in [4.69, 9.17) is 4.74 Å². The van der Waals surface area contributed by atoms with Gasteiger partial charge in [0, 0.05) is 13.1 Å². The zero-order chi connectivity index (χ0) is 16.5. The second-order valence-corrected chi connectivity index (χ2v) is 6.75. The van der Waals surface area contributed by atoms with Crippen LogP contribution in [0.5, 0.6) is 0 Å². The van der Waals surface area contributed by atoms with Gasteiger partial charge in [-0.15, -0.1) is 5.10 Å². The number of carbonyl (C=O) groups is 1. The summed E-state index contributed by atoms with van der Waals surface area (Å²) in [5, 5.41) is 8.36. The quantitative estimate of drug-likeness (QED) is 0.850. The van der Waals surface area contributed by atoms with Gasteiger partial charge in [0.15, 0.2) is 5.69 Å². The molecule has 2 aliphatic heterocycles. The van der Waals surface area contributed by atoms with E-state index >= 15 is 0 Å². The molecule has 1 aromatic heterocycles. The highest BCUT2D eigenvalue weighted by molar-refractivity contribution is 5.93. The zero-order valence-electron chi connectivity index (χ0n) is 13.9. The molecule has 6 heteroatoms. The van der Waals surface area contributed by atoms with Crippen molar-refractivity contribution in [2.75, 3.05) is 13.1 Å². The van der Waals surface area contributed by atoms with Gasteiger partial charge in [0.25, 0.3) is 5.91 Å². The summed E-state index contributed by atoms with van der Waals surface area (Å²) < 4.78 is 7.79. The minimum absolute atomic E-state index is 0.00934. The molecule has 4 rings (SSSR count). The van der Waals surface area contributed by atoms with Crippen LogP contribution in [0.1, 0.15) is 47.6 Å². The number of piperidine rings is 1. The molecule has 0 saturated carbocycles. The van der Waals surface area contributed by atoms with Crippen LogP contribution in [0, 0.1) is 5.92 Å². The number of ether oxygens (including phenoxy) is 1. The van der Waals surface area contributed by atoms with E-state index in [0.29, 0.717) is 24.8 Å². The minimum Gasteiger partial charge on any atom is -0.365 e. The molecule has 0 unspecified atom stereocenters. The first kappa shape index (κ1) is 15.3. The van der Waals surface area contributed by atoms with Gasteiger partial charge in [-0.05, 0) is 24.3 Å². The lowest BCUT2D eigenvalue weighted by molar-refractivity contribution is -0.00200. The lowest BCUT2D eigenvalue weighted by Crippen LogP contribution is -2.38. The SMILES string of the molecule is CC1CCN(C(=O)c2nnn3c2CO[C@H](c2ccccc2)C3)CC1. The fourth-order valence-electron chi connectivity index (χ4n) is 3.41. The number of fused-ring (bicyclic) bond motifs is 1. The van der Waals surface area contributed by atoms with E-state index in [0.717, 1.165) is 37.2 Å².